The van der Waals surface area contributed by atoms with Gasteiger partial charge in [0.1, 0.15) is 5.82 Å². The third-order valence-corrected chi connectivity index (χ3v) is 3.60. The summed E-state index contributed by atoms with van der Waals surface area (Å²) in [7, 11) is 0. The molecule has 3 nitrogen and oxygen atoms in total. The second kappa shape index (κ2) is 4.02. The number of halogens is 1. The van der Waals surface area contributed by atoms with Gasteiger partial charge in [-0.25, -0.2) is 4.39 Å². The maximum atomic E-state index is 13.3. The van der Waals surface area contributed by atoms with E-state index >= 15 is 0 Å². The first kappa shape index (κ1) is 10.6. The van der Waals surface area contributed by atoms with Gasteiger partial charge in [0, 0.05) is 5.92 Å². The summed E-state index contributed by atoms with van der Waals surface area (Å²) in [5, 5.41) is 0. The zero-order chi connectivity index (χ0) is 11.8. The lowest BCUT2D eigenvalue weighted by Gasteiger charge is -2.08. The van der Waals surface area contributed by atoms with Crippen molar-refractivity contribution in [2.45, 2.75) is 19.3 Å². The molecule has 1 amide bonds. The molecule has 90 valence electrons. The smallest absolute Gasteiger partial charge is 0.241 e. The Morgan fingerprint density at radius 3 is 2.76 bits per heavy atom. The molecule has 0 aromatic heterocycles. The molecule has 2 fully saturated rings. The molecule has 1 aromatic rings. The third-order valence-electron chi connectivity index (χ3n) is 3.60. The maximum Gasteiger partial charge on any atom is 0.241 e. The highest BCUT2D eigenvalue weighted by atomic mass is 19.1. The largest absolute Gasteiger partial charge is 0.296 e. The van der Waals surface area contributed by atoms with E-state index in [4.69, 9.17) is 0 Å². The lowest BCUT2D eigenvalue weighted by atomic mass is 10.2. The van der Waals surface area contributed by atoms with Gasteiger partial charge in [0.2, 0.25) is 5.91 Å². The van der Waals surface area contributed by atoms with Gasteiger partial charge in [0.25, 0.3) is 0 Å². The van der Waals surface area contributed by atoms with E-state index in [1.165, 1.54) is 18.9 Å². The van der Waals surface area contributed by atoms with Crippen LogP contribution >= 0.6 is 0 Å². The first-order valence-electron chi connectivity index (χ1n) is 6.06. The second-order valence-corrected chi connectivity index (χ2v) is 4.94. The Labute approximate surface area is 99.4 Å². The topological polar surface area (TPSA) is 41.1 Å². The molecule has 0 heterocycles. The zero-order valence-electron chi connectivity index (χ0n) is 9.45. The second-order valence-electron chi connectivity index (χ2n) is 4.94. The Kier molecular flexibility index (Phi) is 2.50. The van der Waals surface area contributed by atoms with Gasteiger partial charge in [-0.05, 0) is 43.2 Å². The highest BCUT2D eigenvalue weighted by molar-refractivity contribution is 5.82. The van der Waals surface area contributed by atoms with Gasteiger partial charge >= 0.3 is 0 Å². The van der Waals surface area contributed by atoms with Crippen molar-refractivity contribution in [1.29, 1.82) is 0 Å². The Bertz CT molecular complexity index is 445. The number of hydrazine groups is 1. The molecule has 4 heteroatoms. The number of hydrogen-bond donors (Lipinski definition) is 2. The molecule has 0 bridgehead atoms. The Morgan fingerprint density at radius 2 is 2.06 bits per heavy atom. The number of anilines is 1. The minimum Gasteiger partial charge on any atom is -0.296 e. The van der Waals surface area contributed by atoms with Gasteiger partial charge in [-0.2, -0.15) is 0 Å². The average molecular weight is 234 g/mol. The number of carbonyl (C=O) groups excluding carboxylic acids is 1. The van der Waals surface area contributed by atoms with Gasteiger partial charge in [-0.15, -0.1) is 0 Å². The molecular weight excluding hydrogens is 219 g/mol. The molecular formula is C13H15FN2O. The van der Waals surface area contributed by atoms with Crippen LogP contribution in [0.15, 0.2) is 24.3 Å². The first-order valence-corrected chi connectivity index (χ1v) is 6.06. The fraction of sp³-hybridized carbons (Fsp3) is 0.462. The van der Waals surface area contributed by atoms with Crippen LogP contribution in [0.1, 0.15) is 19.3 Å². The van der Waals surface area contributed by atoms with Crippen molar-refractivity contribution in [2.24, 2.45) is 17.8 Å². The summed E-state index contributed by atoms with van der Waals surface area (Å²) in [6.45, 7) is 0. The summed E-state index contributed by atoms with van der Waals surface area (Å²) in [6.07, 6.45) is 3.54. The molecule has 17 heavy (non-hydrogen) atoms. The molecule has 2 atom stereocenters. The number of carbonyl (C=O) groups is 1. The maximum absolute atomic E-state index is 13.3. The van der Waals surface area contributed by atoms with Crippen LogP contribution in [-0.2, 0) is 4.79 Å². The summed E-state index contributed by atoms with van der Waals surface area (Å²) in [5.74, 6) is 1.13. The monoisotopic (exact) mass is 234 g/mol. The van der Waals surface area contributed by atoms with E-state index < -0.39 is 0 Å². The lowest BCUT2D eigenvalue weighted by Crippen LogP contribution is -2.31. The fourth-order valence-corrected chi connectivity index (χ4v) is 2.35. The van der Waals surface area contributed by atoms with E-state index in [1.54, 1.807) is 18.2 Å². The van der Waals surface area contributed by atoms with E-state index in [1.807, 2.05) is 0 Å². The van der Waals surface area contributed by atoms with Crippen molar-refractivity contribution in [2.75, 3.05) is 5.43 Å². The van der Waals surface area contributed by atoms with Crippen molar-refractivity contribution in [3.63, 3.8) is 0 Å². The van der Waals surface area contributed by atoms with E-state index in [0.717, 1.165) is 12.3 Å². The quantitative estimate of drug-likeness (QED) is 0.785. The van der Waals surface area contributed by atoms with E-state index in [0.29, 0.717) is 11.6 Å². The van der Waals surface area contributed by atoms with Gasteiger partial charge < -0.3 is 0 Å². The summed E-state index contributed by atoms with van der Waals surface area (Å²) in [5.41, 5.74) is 5.53. The third kappa shape index (κ3) is 2.25. The van der Waals surface area contributed by atoms with Gasteiger partial charge in [0.15, 0.2) is 0 Å². The molecule has 0 radical (unpaired) electrons. The van der Waals surface area contributed by atoms with Crippen molar-refractivity contribution in [1.82, 2.24) is 5.43 Å². The van der Waals surface area contributed by atoms with Gasteiger partial charge in [-0.1, -0.05) is 12.1 Å². The van der Waals surface area contributed by atoms with E-state index in [-0.39, 0.29) is 17.6 Å². The molecule has 0 saturated heterocycles. The number of benzene rings is 1. The first-order chi connectivity index (χ1) is 8.25. The lowest BCUT2D eigenvalue weighted by molar-refractivity contribution is -0.122. The summed E-state index contributed by atoms with van der Waals surface area (Å²) >= 11 is 0. The minimum atomic E-state index is -0.359. The fourth-order valence-electron chi connectivity index (χ4n) is 2.35. The Balaban J connectivity index is 1.51. The molecule has 0 unspecified atom stereocenters. The van der Waals surface area contributed by atoms with Gasteiger partial charge in [0.05, 0.1) is 5.69 Å². The van der Waals surface area contributed by atoms with Crippen LogP contribution in [0.2, 0.25) is 0 Å². The van der Waals surface area contributed by atoms with Crippen LogP contribution < -0.4 is 10.9 Å². The number of rotatable bonds is 4. The number of nitrogens with one attached hydrogen (secondary N) is 2. The van der Waals surface area contributed by atoms with E-state index in [2.05, 4.69) is 10.9 Å². The molecule has 2 aliphatic carbocycles. The standard InChI is InChI=1S/C13H15FN2O/c14-11-3-1-2-4-12(11)15-16-13(17)10-7-9(10)8-5-6-8/h1-4,8-10,15H,5-7H2,(H,16,17)/t9-,10-/m0/s1. The van der Waals surface area contributed by atoms with Crippen LogP contribution in [-0.4, -0.2) is 5.91 Å². The summed E-state index contributed by atoms with van der Waals surface area (Å²) in [4.78, 5) is 11.7. The number of amides is 1. The molecule has 3 rings (SSSR count). The molecule has 2 N–H and O–H groups in total. The number of para-hydroxylation sites is 1. The van der Waals surface area contributed by atoms with Crippen molar-refractivity contribution >= 4 is 11.6 Å². The van der Waals surface area contributed by atoms with E-state index in [9.17, 15) is 9.18 Å². The predicted octanol–water partition coefficient (Wildman–Crippen LogP) is 2.31. The average Bonchev–Trinajstić information content (AvgIpc) is 3.16. The highest BCUT2D eigenvalue weighted by Gasteiger charge is 2.51. The normalized spacial score (nSPS) is 26.4. The molecule has 0 aliphatic heterocycles. The molecule has 2 saturated carbocycles. The minimum absolute atomic E-state index is 0.00912. The summed E-state index contributed by atoms with van der Waals surface area (Å²) < 4.78 is 13.3. The van der Waals surface area contributed by atoms with Crippen LogP contribution in [0.3, 0.4) is 0 Å². The molecule has 1 aromatic carbocycles. The van der Waals surface area contributed by atoms with Crippen LogP contribution in [0.25, 0.3) is 0 Å². The highest BCUT2D eigenvalue weighted by Crippen LogP contribution is 2.54. The van der Waals surface area contributed by atoms with Crippen LogP contribution in [0, 0.1) is 23.6 Å². The zero-order valence-corrected chi connectivity index (χ0v) is 9.45. The van der Waals surface area contributed by atoms with Crippen molar-refractivity contribution in [3.8, 4) is 0 Å². The molecule has 2 aliphatic rings. The van der Waals surface area contributed by atoms with Crippen LogP contribution in [0.4, 0.5) is 10.1 Å². The van der Waals surface area contributed by atoms with Gasteiger partial charge in [-0.3, -0.25) is 15.6 Å². The Morgan fingerprint density at radius 1 is 1.29 bits per heavy atom. The van der Waals surface area contributed by atoms with Crippen molar-refractivity contribution < 1.29 is 9.18 Å². The molecule has 0 spiro atoms. The SMILES string of the molecule is O=C(NNc1ccccc1F)[C@H]1C[C@H]1C1CC1. The Hall–Kier alpha value is -1.58. The number of hydrogen-bond acceptors (Lipinski definition) is 2. The van der Waals surface area contributed by atoms with Crippen molar-refractivity contribution in [3.05, 3.63) is 30.1 Å². The summed E-state index contributed by atoms with van der Waals surface area (Å²) in [6, 6.07) is 6.30. The van der Waals surface area contributed by atoms with Crippen LogP contribution in [0.5, 0.6) is 0 Å². The predicted molar refractivity (Wildman–Crippen MR) is 62.5 cm³/mol.